The molecule has 3 unspecified atom stereocenters. The highest BCUT2D eigenvalue weighted by atomic mass is 28.4. The summed E-state index contributed by atoms with van der Waals surface area (Å²) < 4.78 is 6.30. The van der Waals surface area contributed by atoms with E-state index in [1.165, 1.54) is 32.1 Å². The normalized spacial score (nSPS) is 28.5. The molecule has 3 rings (SSSR count). The van der Waals surface area contributed by atoms with Crippen LogP contribution in [-0.4, -0.2) is 14.9 Å². The summed E-state index contributed by atoms with van der Waals surface area (Å²) in [4.78, 5) is 0. The van der Waals surface area contributed by atoms with Crippen LogP contribution >= 0.6 is 0 Å². The first-order valence-electron chi connectivity index (χ1n) is 9.83. The summed E-state index contributed by atoms with van der Waals surface area (Å²) in [6.45, 7) is 10.2. The van der Waals surface area contributed by atoms with Crippen molar-refractivity contribution >= 4 is 8.32 Å². The highest BCUT2D eigenvalue weighted by Crippen LogP contribution is 2.56. The Balaban J connectivity index is 1.86. The number of hydrogen-bond acceptors (Lipinski definition) is 1. The van der Waals surface area contributed by atoms with Gasteiger partial charge in [-0.2, -0.15) is 0 Å². The van der Waals surface area contributed by atoms with Crippen LogP contribution in [0, 0.1) is 17.3 Å². The molecule has 0 aromatic carbocycles. The van der Waals surface area contributed by atoms with Gasteiger partial charge in [-0.3, -0.25) is 0 Å². The molecule has 132 valence electrons. The zero-order valence-corrected chi connectivity index (χ0v) is 17.0. The van der Waals surface area contributed by atoms with Crippen molar-refractivity contribution in [3.05, 3.63) is 47.6 Å². The van der Waals surface area contributed by atoms with Gasteiger partial charge in [0.2, 0.25) is 0 Å². The molecule has 1 saturated carbocycles. The molecule has 0 aromatic rings. The van der Waals surface area contributed by atoms with Crippen LogP contribution in [0.5, 0.6) is 0 Å². The van der Waals surface area contributed by atoms with Gasteiger partial charge < -0.3 is 4.43 Å². The average Bonchev–Trinajstić information content (AvgIpc) is 3.21. The lowest BCUT2D eigenvalue weighted by molar-refractivity contribution is 0.163. The maximum atomic E-state index is 6.30. The zero-order chi connectivity index (χ0) is 17.2. The summed E-state index contributed by atoms with van der Waals surface area (Å²) >= 11 is 0. The third-order valence-corrected chi connectivity index (χ3v) is 7.39. The summed E-state index contributed by atoms with van der Waals surface area (Å²) in [6.07, 6.45) is 21.6. The van der Waals surface area contributed by atoms with Gasteiger partial charge in [-0.25, -0.2) is 0 Å². The van der Waals surface area contributed by atoms with Crippen LogP contribution < -0.4 is 0 Å². The first-order valence-corrected chi connectivity index (χ1v) is 13.2. The lowest BCUT2D eigenvalue weighted by Gasteiger charge is -2.42. The first-order chi connectivity index (χ1) is 11.5. The minimum atomic E-state index is -1.44. The molecule has 0 N–H and O–H groups in total. The molecule has 24 heavy (non-hydrogen) atoms. The van der Waals surface area contributed by atoms with Crippen molar-refractivity contribution in [1.82, 2.24) is 0 Å². The lowest BCUT2D eigenvalue weighted by atomic mass is 9.63. The van der Waals surface area contributed by atoms with Gasteiger partial charge in [0, 0.05) is 12.0 Å². The van der Waals surface area contributed by atoms with Gasteiger partial charge >= 0.3 is 0 Å². The topological polar surface area (TPSA) is 9.23 Å². The fourth-order valence-electron chi connectivity index (χ4n) is 5.07. The minimum Gasteiger partial charge on any atom is -0.418 e. The Kier molecular flexibility index (Phi) is 5.36. The van der Waals surface area contributed by atoms with Crippen LogP contribution in [-0.2, 0) is 4.43 Å². The summed E-state index contributed by atoms with van der Waals surface area (Å²) in [6, 6.07) is 0. The van der Waals surface area contributed by atoms with E-state index < -0.39 is 8.32 Å². The second kappa shape index (κ2) is 7.17. The average molecular weight is 343 g/mol. The van der Waals surface area contributed by atoms with Gasteiger partial charge in [-0.15, -0.1) is 0 Å². The maximum absolute atomic E-state index is 6.30. The number of fused-ring (bicyclic) bond motifs is 1. The van der Waals surface area contributed by atoms with E-state index in [1.54, 1.807) is 11.1 Å². The van der Waals surface area contributed by atoms with Gasteiger partial charge in [-0.1, -0.05) is 54.5 Å². The SMILES string of the molecule is CCC(CCO[Si](C)(C)C)(C1=CC=CC1)C1CCC2CC=CC=C21. The fourth-order valence-corrected chi connectivity index (χ4v) is 5.79. The van der Waals surface area contributed by atoms with E-state index in [2.05, 4.69) is 63.0 Å². The van der Waals surface area contributed by atoms with Gasteiger partial charge in [0.25, 0.3) is 0 Å². The zero-order valence-electron chi connectivity index (χ0n) is 16.0. The molecule has 0 saturated heterocycles. The molecule has 2 heteroatoms. The van der Waals surface area contributed by atoms with Crippen LogP contribution in [0.3, 0.4) is 0 Å². The molecule has 3 atom stereocenters. The lowest BCUT2D eigenvalue weighted by Crippen LogP contribution is -2.35. The Morgan fingerprint density at radius 2 is 1.92 bits per heavy atom. The fraction of sp³-hybridized carbons (Fsp3) is 0.636. The molecule has 1 fully saturated rings. The molecule has 0 amide bonds. The molecule has 3 aliphatic rings. The second-order valence-corrected chi connectivity index (χ2v) is 13.2. The maximum Gasteiger partial charge on any atom is 0.183 e. The van der Waals surface area contributed by atoms with Crippen molar-refractivity contribution in [2.45, 2.75) is 65.1 Å². The number of rotatable bonds is 7. The first kappa shape index (κ1) is 17.9. The van der Waals surface area contributed by atoms with Crippen molar-refractivity contribution in [2.75, 3.05) is 6.61 Å². The van der Waals surface area contributed by atoms with Crippen molar-refractivity contribution in [3.8, 4) is 0 Å². The molecule has 0 radical (unpaired) electrons. The Labute approximate surface area is 149 Å². The smallest absolute Gasteiger partial charge is 0.183 e. The van der Waals surface area contributed by atoms with Crippen LogP contribution in [0.15, 0.2) is 47.6 Å². The van der Waals surface area contributed by atoms with Crippen molar-refractivity contribution in [3.63, 3.8) is 0 Å². The highest BCUT2D eigenvalue weighted by Gasteiger charge is 2.46. The third kappa shape index (κ3) is 3.55. The molecular formula is C22H34OSi. The van der Waals surface area contributed by atoms with E-state index in [4.69, 9.17) is 4.43 Å². The Hall–Kier alpha value is -0.863. The molecule has 0 aromatic heterocycles. The summed E-state index contributed by atoms with van der Waals surface area (Å²) in [7, 11) is -1.44. The Bertz CT molecular complexity index is 575. The summed E-state index contributed by atoms with van der Waals surface area (Å²) in [5.41, 5.74) is 3.69. The molecular weight excluding hydrogens is 308 g/mol. The third-order valence-electron chi connectivity index (χ3n) is 6.31. The highest BCUT2D eigenvalue weighted by molar-refractivity contribution is 6.69. The largest absolute Gasteiger partial charge is 0.418 e. The van der Waals surface area contributed by atoms with E-state index >= 15 is 0 Å². The Morgan fingerprint density at radius 3 is 2.58 bits per heavy atom. The van der Waals surface area contributed by atoms with E-state index in [1.807, 2.05) is 0 Å². The Morgan fingerprint density at radius 1 is 1.12 bits per heavy atom. The molecule has 0 spiro atoms. The van der Waals surface area contributed by atoms with Crippen molar-refractivity contribution in [2.24, 2.45) is 17.3 Å². The molecule has 0 aliphatic heterocycles. The van der Waals surface area contributed by atoms with E-state index in [-0.39, 0.29) is 0 Å². The van der Waals surface area contributed by atoms with Crippen molar-refractivity contribution in [1.29, 1.82) is 0 Å². The summed E-state index contributed by atoms with van der Waals surface area (Å²) in [5, 5.41) is 0. The number of allylic oxidation sites excluding steroid dienone is 8. The standard InChI is InChI=1S/C22H34OSi/c1-5-22(19-11-7-8-12-19,16-17-23-24(2,3)4)21-15-14-18-10-6-9-13-20(18)21/h6-9,11,13,18,21H,5,10,12,14-17H2,1-4H3. The summed E-state index contributed by atoms with van der Waals surface area (Å²) in [5.74, 6) is 1.52. The molecule has 3 aliphatic carbocycles. The minimum absolute atomic E-state index is 0.301. The van der Waals surface area contributed by atoms with E-state index in [0.717, 1.165) is 18.9 Å². The van der Waals surface area contributed by atoms with E-state index in [0.29, 0.717) is 11.3 Å². The molecule has 1 nitrogen and oxygen atoms in total. The van der Waals surface area contributed by atoms with Crippen LogP contribution in [0.4, 0.5) is 0 Å². The van der Waals surface area contributed by atoms with E-state index in [9.17, 15) is 0 Å². The van der Waals surface area contributed by atoms with Crippen LogP contribution in [0.2, 0.25) is 19.6 Å². The predicted octanol–water partition coefficient (Wildman–Crippen LogP) is 6.42. The molecule has 0 bridgehead atoms. The predicted molar refractivity (Wildman–Crippen MR) is 107 cm³/mol. The van der Waals surface area contributed by atoms with Gasteiger partial charge in [-0.05, 0) is 70.0 Å². The van der Waals surface area contributed by atoms with Gasteiger partial charge in [0.05, 0.1) is 0 Å². The monoisotopic (exact) mass is 342 g/mol. The van der Waals surface area contributed by atoms with Crippen molar-refractivity contribution < 1.29 is 4.43 Å². The van der Waals surface area contributed by atoms with Crippen LogP contribution in [0.25, 0.3) is 0 Å². The van der Waals surface area contributed by atoms with Gasteiger partial charge in [0.1, 0.15) is 0 Å². The van der Waals surface area contributed by atoms with Gasteiger partial charge in [0.15, 0.2) is 8.32 Å². The molecule has 0 heterocycles. The second-order valence-electron chi connectivity index (χ2n) is 8.70. The number of hydrogen-bond donors (Lipinski definition) is 0. The quantitative estimate of drug-likeness (QED) is 0.485. The van der Waals surface area contributed by atoms with Crippen LogP contribution in [0.1, 0.15) is 45.4 Å².